The topological polar surface area (TPSA) is 107 Å². The van der Waals surface area contributed by atoms with Crippen molar-refractivity contribution in [3.63, 3.8) is 0 Å². The van der Waals surface area contributed by atoms with Gasteiger partial charge in [-0.05, 0) is 39.0 Å². The van der Waals surface area contributed by atoms with E-state index < -0.39 is 41.1 Å². The van der Waals surface area contributed by atoms with Crippen LogP contribution in [0.2, 0.25) is 0 Å². The van der Waals surface area contributed by atoms with Crippen molar-refractivity contribution in [1.82, 2.24) is 9.80 Å². The minimum absolute atomic E-state index is 0.0695. The summed E-state index contributed by atoms with van der Waals surface area (Å²) in [5.41, 5.74) is -2.09. The van der Waals surface area contributed by atoms with Crippen molar-refractivity contribution >= 4 is 17.8 Å². The molecule has 3 saturated heterocycles. The molecule has 178 valence electrons. The van der Waals surface area contributed by atoms with Crippen molar-refractivity contribution in [2.24, 2.45) is 11.8 Å². The fourth-order valence-corrected chi connectivity index (χ4v) is 6.98. The van der Waals surface area contributed by atoms with Gasteiger partial charge in [-0.15, -0.1) is 6.58 Å². The van der Waals surface area contributed by atoms with E-state index in [1.807, 2.05) is 11.8 Å². The van der Waals surface area contributed by atoms with E-state index in [-0.39, 0.29) is 24.5 Å². The first-order valence-electron chi connectivity index (χ1n) is 12.1. The molecule has 3 aliphatic heterocycles. The summed E-state index contributed by atoms with van der Waals surface area (Å²) in [6, 6.07) is -1.47. The van der Waals surface area contributed by atoms with Gasteiger partial charge in [0.1, 0.15) is 17.6 Å². The van der Waals surface area contributed by atoms with E-state index in [4.69, 9.17) is 4.74 Å². The van der Waals surface area contributed by atoms with E-state index in [9.17, 15) is 24.6 Å². The van der Waals surface area contributed by atoms with Crippen molar-refractivity contribution in [2.45, 2.75) is 94.5 Å². The second-order valence-corrected chi connectivity index (χ2v) is 10.0. The number of carbonyl (C=O) groups is 3. The Balaban J connectivity index is 1.79. The molecule has 8 heteroatoms. The summed E-state index contributed by atoms with van der Waals surface area (Å²) in [5.74, 6) is -3.52. The molecule has 2 unspecified atom stereocenters. The van der Waals surface area contributed by atoms with Crippen LogP contribution in [0.5, 0.6) is 0 Å². The normalized spacial score (nSPS) is 37.4. The number of likely N-dealkylation sites (tertiary alicyclic amines) is 1. The van der Waals surface area contributed by atoms with Gasteiger partial charge in [0.25, 0.3) is 0 Å². The summed E-state index contributed by atoms with van der Waals surface area (Å²) in [5, 5.41) is 20.0. The highest BCUT2D eigenvalue weighted by Crippen LogP contribution is 2.64. The minimum atomic E-state index is -1.16. The van der Waals surface area contributed by atoms with E-state index in [1.54, 1.807) is 13.0 Å². The monoisotopic (exact) mass is 448 g/mol. The van der Waals surface area contributed by atoms with Gasteiger partial charge in [-0.2, -0.15) is 0 Å². The first kappa shape index (κ1) is 23.2. The Hall–Kier alpha value is -1.93. The van der Waals surface area contributed by atoms with Gasteiger partial charge in [0.05, 0.1) is 24.2 Å². The molecule has 0 radical (unpaired) electrons. The van der Waals surface area contributed by atoms with Crippen LogP contribution >= 0.6 is 0 Å². The maximum absolute atomic E-state index is 14.2. The lowest BCUT2D eigenvalue weighted by Crippen LogP contribution is -2.60. The predicted molar refractivity (Wildman–Crippen MR) is 117 cm³/mol. The lowest BCUT2D eigenvalue weighted by molar-refractivity contribution is -0.160. The molecular formula is C24H36N2O6. The lowest BCUT2D eigenvalue weighted by atomic mass is 9.65. The largest absolute Gasteiger partial charge is 0.481 e. The molecule has 8 nitrogen and oxygen atoms in total. The molecule has 2 bridgehead atoms. The third-order valence-corrected chi connectivity index (χ3v) is 8.48. The van der Waals surface area contributed by atoms with Crippen molar-refractivity contribution in [1.29, 1.82) is 0 Å². The van der Waals surface area contributed by atoms with Crippen molar-refractivity contribution in [2.75, 3.05) is 13.2 Å². The molecule has 2 amide bonds. The van der Waals surface area contributed by atoms with Crippen LogP contribution in [0.4, 0.5) is 0 Å². The summed E-state index contributed by atoms with van der Waals surface area (Å²) in [6.07, 6.45) is 8.24. The van der Waals surface area contributed by atoms with E-state index in [0.717, 1.165) is 32.1 Å². The molecule has 1 aliphatic carbocycles. The lowest BCUT2D eigenvalue weighted by Gasteiger charge is -2.42. The summed E-state index contributed by atoms with van der Waals surface area (Å²) in [6.45, 7) is 7.49. The van der Waals surface area contributed by atoms with E-state index >= 15 is 0 Å². The number of hydrogen-bond acceptors (Lipinski definition) is 5. The van der Waals surface area contributed by atoms with Crippen LogP contribution in [0.3, 0.4) is 0 Å². The Bertz CT molecular complexity index is 795. The number of rotatable bonds is 8. The zero-order chi connectivity index (χ0) is 23.3. The Morgan fingerprint density at radius 3 is 2.56 bits per heavy atom. The third-order valence-electron chi connectivity index (χ3n) is 8.48. The third kappa shape index (κ3) is 3.13. The molecule has 0 aromatic heterocycles. The fourth-order valence-electron chi connectivity index (χ4n) is 6.98. The molecule has 32 heavy (non-hydrogen) atoms. The zero-order valence-corrected chi connectivity index (χ0v) is 19.2. The van der Waals surface area contributed by atoms with Gasteiger partial charge >= 0.3 is 5.97 Å². The van der Waals surface area contributed by atoms with E-state index in [2.05, 4.69) is 6.58 Å². The maximum atomic E-state index is 14.2. The zero-order valence-electron chi connectivity index (χ0n) is 19.2. The van der Waals surface area contributed by atoms with Crippen LogP contribution < -0.4 is 0 Å². The molecule has 3 heterocycles. The Morgan fingerprint density at radius 1 is 1.31 bits per heavy atom. The van der Waals surface area contributed by atoms with Gasteiger partial charge in [-0.3, -0.25) is 14.4 Å². The summed E-state index contributed by atoms with van der Waals surface area (Å²) in [7, 11) is 0. The molecule has 4 fully saturated rings. The first-order chi connectivity index (χ1) is 15.3. The highest BCUT2D eigenvalue weighted by molar-refractivity contribution is 5.98. The molecule has 6 atom stereocenters. The van der Waals surface area contributed by atoms with E-state index in [1.165, 1.54) is 4.90 Å². The minimum Gasteiger partial charge on any atom is -0.481 e. The Labute approximate surface area is 189 Å². The number of carboxylic acid groups (broad SMARTS) is 1. The van der Waals surface area contributed by atoms with Gasteiger partial charge in [-0.25, -0.2) is 0 Å². The van der Waals surface area contributed by atoms with Gasteiger partial charge in [0.15, 0.2) is 0 Å². The number of amides is 2. The highest BCUT2D eigenvalue weighted by atomic mass is 16.5. The maximum Gasteiger partial charge on any atom is 0.310 e. The number of carbonyl (C=O) groups excluding carboxylic acids is 2. The number of fused-ring (bicyclic) bond motifs is 1. The molecule has 4 aliphatic rings. The van der Waals surface area contributed by atoms with Crippen molar-refractivity contribution in [3.05, 3.63) is 12.7 Å². The summed E-state index contributed by atoms with van der Waals surface area (Å²) >= 11 is 0. The number of hydrogen-bond donors (Lipinski definition) is 2. The first-order valence-corrected chi connectivity index (χ1v) is 12.1. The van der Waals surface area contributed by atoms with Crippen LogP contribution in [-0.4, -0.2) is 80.3 Å². The molecule has 1 saturated carbocycles. The number of aliphatic hydroxyl groups excluding tert-OH is 1. The number of aliphatic hydroxyl groups is 1. The van der Waals surface area contributed by atoms with E-state index in [0.29, 0.717) is 25.8 Å². The molecule has 4 rings (SSSR count). The molecular weight excluding hydrogens is 412 g/mol. The SMILES string of the molecule is C=CCN(C(=O)C1N([C@H](C)CO)C(=O)[C@@H]2[C@@H](C(=O)O)[C@@]3(CC)CCC12O3)C1CCCCC1. The van der Waals surface area contributed by atoms with Crippen molar-refractivity contribution in [3.8, 4) is 0 Å². The van der Waals surface area contributed by atoms with Gasteiger partial charge < -0.3 is 24.7 Å². The Morgan fingerprint density at radius 2 is 2.00 bits per heavy atom. The molecule has 0 aromatic carbocycles. The van der Waals surface area contributed by atoms with Gasteiger partial charge in [0, 0.05) is 12.6 Å². The molecule has 0 aromatic rings. The second-order valence-electron chi connectivity index (χ2n) is 10.0. The van der Waals surface area contributed by atoms with Crippen molar-refractivity contribution < 1.29 is 29.3 Å². The average Bonchev–Trinajstić information content (AvgIpc) is 3.40. The van der Waals surface area contributed by atoms with Gasteiger partial charge in [-0.1, -0.05) is 32.3 Å². The number of aliphatic carboxylic acids is 1. The quantitative estimate of drug-likeness (QED) is 0.550. The predicted octanol–water partition coefficient (Wildman–Crippen LogP) is 1.95. The van der Waals surface area contributed by atoms with Crippen LogP contribution in [0, 0.1) is 11.8 Å². The highest BCUT2D eigenvalue weighted by Gasteiger charge is 2.79. The number of ether oxygens (including phenoxy) is 1. The summed E-state index contributed by atoms with van der Waals surface area (Å²) in [4.78, 5) is 43.5. The number of nitrogens with zero attached hydrogens (tertiary/aromatic N) is 2. The van der Waals surface area contributed by atoms with Gasteiger partial charge in [0.2, 0.25) is 11.8 Å². The van der Waals surface area contributed by atoms with Crippen LogP contribution in [0.25, 0.3) is 0 Å². The fraction of sp³-hybridized carbons (Fsp3) is 0.792. The van der Waals surface area contributed by atoms with Crippen LogP contribution in [-0.2, 0) is 19.1 Å². The van der Waals surface area contributed by atoms with Crippen LogP contribution in [0.15, 0.2) is 12.7 Å². The Kier molecular flexibility index (Phi) is 6.13. The standard InChI is InChI=1S/C24H36N2O6/c1-4-13-25(16-9-7-6-8-10-16)21(29)19-24-12-11-23(5-2,32-24)18(22(30)31)17(24)20(28)26(19)15(3)14-27/h4,15-19,27H,1,5-14H2,2-3H3,(H,30,31)/t15-,17+,18+,19?,23-,24?/m1/s1. The smallest absolute Gasteiger partial charge is 0.310 e. The molecule has 1 spiro atoms. The van der Waals surface area contributed by atoms with Crippen LogP contribution in [0.1, 0.15) is 65.2 Å². The number of carboxylic acids is 1. The molecule has 2 N–H and O–H groups in total. The summed E-state index contributed by atoms with van der Waals surface area (Å²) < 4.78 is 6.54. The average molecular weight is 449 g/mol. The second kappa shape index (κ2) is 8.45.